The van der Waals surface area contributed by atoms with E-state index < -0.39 is 10.2 Å². The van der Waals surface area contributed by atoms with Crippen molar-refractivity contribution in [2.24, 2.45) is 5.92 Å². The third-order valence-corrected chi connectivity index (χ3v) is 6.07. The van der Waals surface area contributed by atoms with Gasteiger partial charge in [-0.15, -0.1) is 0 Å². The molecule has 2 rings (SSSR count). The maximum Gasteiger partial charge on any atom is 0.315 e. The van der Waals surface area contributed by atoms with Crippen molar-refractivity contribution in [2.45, 2.75) is 19.4 Å². The van der Waals surface area contributed by atoms with Crippen LogP contribution in [0.1, 0.15) is 13.3 Å². The van der Waals surface area contributed by atoms with E-state index in [1.165, 1.54) is 29.1 Å². The third-order valence-electron chi connectivity index (χ3n) is 4.19. The normalized spacial score (nSPS) is 24.5. The highest BCUT2D eigenvalue weighted by atomic mass is 32.2. The van der Waals surface area contributed by atoms with Gasteiger partial charge < -0.3 is 15.5 Å². The van der Waals surface area contributed by atoms with Crippen LogP contribution in [-0.2, 0) is 10.2 Å². The summed E-state index contributed by atoms with van der Waals surface area (Å²) in [4.78, 5) is 14.1. The Hall–Kier alpha value is -0.900. The number of rotatable bonds is 6. The zero-order chi connectivity index (χ0) is 16.3. The number of likely N-dealkylation sites (tertiary alicyclic amines) is 1. The lowest BCUT2D eigenvalue weighted by atomic mass is 10.2. The molecular weight excluding hydrogens is 306 g/mol. The maximum absolute atomic E-state index is 11.8. The summed E-state index contributed by atoms with van der Waals surface area (Å²) in [6, 6.07) is -0.333. The molecule has 0 spiro atoms. The smallest absolute Gasteiger partial charge is 0.315 e. The van der Waals surface area contributed by atoms with Crippen molar-refractivity contribution in [1.82, 2.24) is 24.1 Å². The van der Waals surface area contributed by atoms with E-state index in [4.69, 9.17) is 0 Å². The van der Waals surface area contributed by atoms with E-state index in [9.17, 15) is 13.2 Å². The highest BCUT2D eigenvalue weighted by Gasteiger charge is 2.37. The van der Waals surface area contributed by atoms with Crippen LogP contribution in [0.25, 0.3) is 0 Å². The third kappa shape index (κ3) is 4.31. The van der Waals surface area contributed by atoms with Crippen LogP contribution in [0.3, 0.4) is 0 Å². The molecule has 2 N–H and O–H groups in total. The van der Waals surface area contributed by atoms with Crippen LogP contribution in [0.15, 0.2) is 0 Å². The molecule has 2 heterocycles. The van der Waals surface area contributed by atoms with Crippen molar-refractivity contribution in [3.05, 3.63) is 0 Å². The molecule has 2 saturated heterocycles. The first kappa shape index (κ1) is 17.5. The fourth-order valence-electron chi connectivity index (χ4n) is 2.74. The summed E-state index contributed by atoms with van der Waals surface area (Å²) in [6.07, 6.45) is 1.23. The molecule has 0 aromatic carbocycles. The fourth-order valence-corrected chi connectivity index (χ4v) is 3.94. The van der Waals surface area contributed by atoms with Crippen LogP contribution >= 0.6 is 0 Å². The van der Waals surface area contributed by atoms with Gasteiger partial charge in [0.05, 0.1) is 6.04 Å². The minimum Gasteiger partial charge on any atom is -0.337 e. The zero-order valence-electron chi connectivity index (χ0n) is 13.6. The molecule has 2 amide bonds. The van der Waals surface area contributed by atoms with Gasteiger partial charge in [0.25, 0.3) is 10.2 Å². The number of carbonyl (C=O) groups excluding carboxylic acids is 1. The largest absolute Gasteiger partial charge is 0.337 e. The van der Waals surface area contributed by atoms with Crippen LogP contribution < -0.4 is 10.6 Å². The van der Waals surface area contributed by atoms with Gasteiger partial charge in [0.1, 0.15) is 0 Å². The lowest BCUT2D eigenvalue weighted by Gasteiger charge is -2.39. The monoisotopic (exact) mass is 333 g/mol. The molecule has 2 fully saturated rings. The fraction of sp³-hybridized carbons (Fsp3) is 0.923. The highest BCUT2D eigenvalue weighted by Crippen LogP contribution is 2.15. The number of hydrogen-bond acceptors (Lipinski definition) is 4. The van der Waals surface area contributed by atoms with E-state index in [0.717, 1.165) is 25.6 Å². The summed E-state index contributed by atoms with van der Waals surface area (Å²) in [6.45, 7) is 6.58. The average Bonchev–Trinajstić information content (AvgIpc) is 2.78. The Balaban J connectivity index is 1.59. The van der Waals surface area contributed by atoms with Crippen LogP contribution in [0, 0.1) is 5.92 Å². The van der Waals surface area contributed by atoms with Crippen molar-refractivity contribution in [3.63, 3.8) is 0 Å². The maximum atomic E-state index is 11.8. The lowest BCUT2D eigenvalue weighted by molar-refractivity contribution is 0.199. The average molecular weight is 333 g/mol. The van der Waals surface area contributed by atoms with Crippen molar-refractivity contribution >= 4 is 16.2 Å². The van der Waals surface area contributed by atoms with Gasteiger partial charge in [0, 0.05) is 46.8 Å². The summed E-state index contributed by atoms with van der Waals surface area (Å²) >= 11 is 0. The van der Waals surface area contributed by atoms with E-state index in [0.29, 0.717) is 19.6 Å². The number of nitrogens with zero attached hydrogens (tertiary/aromatic N) is 3. The molecule has 8 nitrogen and oxygen atoms in total. The van der Waals surface area contributed by atoms with Gasteiger partial charge in [-0.2, -0.15) is 17.0 Å². The van der Waals surface area contributed by atoms with Gasteiger partial charge in [-0.25, -0.2) is 4.79 Å². The molecule has 1 unspecified atom stereocenters. The van der Waals surface area contributed by atoms with Gasteiger partial charge in [-0.1, -0.05) is 6.92 Å². The van der Waals surface area contributed by atoms with Gasteiger partial charge in [-0.05, 0) is 18.9 Å². The summed E-state index contributed by atoms with van der Waals surface area (Å²) in [5.74, 6) is 0.744. The van der Waals surface area contributed by atoms with Crippen LogP contribution in [0.2, 0.25) is 0 Å². The number of amides is 2. The Morgan fingerprint density at radius 2 is 1.95 bits per heavy atom. The van der Waals surface area contributed by atoms with Crippen molar-refractivity contribution in [2.75, 3.05) is 53.4 Å². The van der Waals surface area contributed by atoms with Gasteiger partial charge in [0.2, 0.25) is 0 Å². The molecule has 0 aromatic heterocycles. The number of carbonyl (C=O) groups is 1. The molecule has 1 atom stereocenters. The second-order valence-electron chi connectivity index (χ2n) is 6.40. The molecule has 0 radical (unpaired) electrons. The van der Waals surface area contributed by atoms with Gasteiger partial charge in [-0.3, -0.25) is 0 Å². The molecule has 2 aliphatic rings. The van der Waals surface area contributed by atoms with Gasteiger partial charge in [0.15, 0.2) is 0 Å². The Morgan fingerprint density at radius 3 is 2.50 bits per heavy atom. The van der Waals surface area contributed by atoms with Crippen LogP contribution in [0.5, 0.6) is 0 Å². The summed E-state index contributed by atoms with van der Waals surface area (Å²) in [7, 11) is -0.350. The number of hydrogen-bond donors (Lipinski definition) is 2. The van der Waals surface area contributed by atoms with E-state index in [2.05, 4.69) is 22.5 Å². The second-order valence-corrected chi connectivity index (χ2v) is 8.54. The van der Waals surface area contributed by atoms with Crippen molar-refractivity contribution in [1.29, 1.82) is 0 Å². The highest BCUT2D eigenvalue weighted by molar-refractivity contribution is 7.86. The SMILES string of the molecule is CC1CCN(CCNC(=O)NC2CN(S(=O)(=O)N(C)C)C2)C1. The van der Waals surface area contributed by atoms with Crippen molar-refractivity contribution in [3.8, 4) is 0 Å². The van der Waals surface area contributed by atoms with E-state index in [1.807, 2.05) is 0 Å². The Kier molecular flexibility index (Phi) is 5.65. The van der Waals surface area contributed by atoms with Crippen molar-refractivity contribution < 1.29 is 13.2 Å². The van der Waals surface area contributed by atoms with E-state index in [-0.39, 0.29) is 12.1 Å². The predicted molar refractivity (Wildman–Crippen MR) is 84.7 cm³/mol. The van der Waals surface area contributed by atoms with Gasteiger partial charge >= 0.3 is 6.03 Å². The summed E-state index contributed by atoms with van der Waals surface area (Å²) in [5, 5.41) is 5.63. The first-order valence-corrected chi connectivity index (χ1v) is 9.13. The molecule has 22 heavy (non-hydrogen) atoms. The number of nitrogens with one attached hydrogen (secondary N) is 2. The molecule has 2 aliphatic heterocycles. The molecular formula is C13H27N5O3S. The quantitative estimate of drug-likeness (QED) is 0.661. The first-order valence-electron chi connectivity index (χ1n) is 7.73. The summed E-state index contributed by atoms with van der Waals surface area (Å²) in [5.41, 5.74) is 0. The minimum absolute atomic E-state index is 0.110. The second kappa shape index (κ2) is 7.12. The summed E-state index contributed by atoms with van der Waals surface area (Å²) < 4.78 is 26.1. The predicted octanol–water partition coefficient (Wildman–Crippen LogP) is -0.882. The first-order chi connectivity index (χ1) is 10.3. The molecule has 0 bridgehead atoms. The molecule has 0 aromatic rings. The van der Waals surface area contributed by atoms with Crippen LogP contribution in [0.4, 0.5) is 4.79 Å². The molecule has 128 valence electrons. The Morgan fingerprint density at radius 1 is 1.27 bits per heavy atom. The Labute approximate surface area is 133 Å². The standard InChI is InChI=1S/C13H27N5O3S/c1-11-4-6-17(8-11)7-5-14-13(19)15-12-9-18(10-12)22(20,21)16(2)3/h11-12H,4-10H2,1-3H3,(H2,14,15,19). The minimum atomic E-state index is -3.35. The molecule has 0 saturated carbocycles. The number of urea groups is 1. The van der Waals surface area contributed by atoms with Crippen LogP contribution in [-0.4, -0.2) is 87.4 Å². The van der Waals surface area contributed by atoms with E-state index >= 15 is 0 Å². The molecule has 0 aliphatic carbocycles. The molecule has 9 heteroatoms. The van der Waals surface area contributed by atoms with E-state index in [1.54, 1.807) is 0 Å². The Bertz CT molecular complexity index is 490. The zero-order valence-corrected chi connectivity index (χ0v) is 14.4. The topological polar surface area (TPSA) is 85.0 Å². The lowest BCUT2D eigenvalue weighted by Crippen LogP contribution is -2.63.